The number of ether oxygens (including phenoxy) is 11. The van der Waals surface area contributed by atoms with Gasteiger partial charge in [0.1, 0.15) is 19.3 Å². The first-order valence-corrected chi connectivity index (χ1v) is 33.5. The molecule has 0 aliphatic carbocycles. The standard InChI is InChI=1S/C37H48N6O5S2.C30H53NO11/c1-24(2)33(42-36(46)43(5)20-29-22-49-35(40-29)25(3)4)34(45)39-28(16-26-12-8-6-9-13-26)18-32(44)31(17-27-14-10-7-11-15-27)41-37(47)48-21-30-19-38-23-50-30;1-3-4-9-31-29-7-5-28(6-8-29)30(32)42-27-26-41-25-24-40-23-22-39-21-20-38-19-18-37-17-16-36-15-14-35-13-12-34-11-10-33-2/h6-15,19,22-25,28,31-33,44H,16-18,20-21H2,1-5H3,(H,39,45)(H,41,47)(H,42,46);5-8,31H,3-4,9-27H2,1-2H3/t28-,31-,32-,33-;/m0./s1. The van der Waals surface area contributed by atoms with Crippen LogP contribution in [0.2, 0.25) is 0 Å². The van der Waals surface area contributed by atoms with Gasteiger partial charge in [-0.3, -0.25) is 9.78 Å². The van der Waals surface area contributed by atoms with Crippen LogP contribution in [-0.4, -0.2) is 208 Å². The predicted octanol–water partition coefficient (Wildman–Crippen LogP) is 8.74. The lowest BCUT2D eigenvalue weighted by atomic mass is 9.93. The van der Waals surface area contributed by atoms with Crippen LogP contribution in [-0.2, 0) is 82.9 Å². The van der Waals surface area contributed by atoms with Gasteiger partial charge in [-0.25, -0.2) is 19.4 Å². The molecule has 0 aliphatic rings. The minimum absolute atomic E-state index is 0.0671. The Morgan fingerprint density at radius 1 is 0.620 bits per heavy atom. The van der Waals surface area contributed by atoms with Gasteiger partial charge in [0.25, 0.3) is 0 Å². The summed E-state index contributed by atoms with van der Waals surface area (Å²) in [5, 5.41) is 26.8. The van der Waals surface area contributed by atoms with E-state index in [1.165, 1.54) is 16.2 Å². The number of nitrogens with zero attached hydrogens (tertiary/aromatic N) is 3. The fraction of sp³-hybridized carbons (Fsp3) is 0.582. The second-order valence-electron chi connectivity index (χ2n) is 21.9. The molecule has 2 aromatic heterocycles. The molecule has 0 saturated carbocycles. The number of aliphatic hydroxyl groups is 1. The largest absolute Gasteiger partial charge is 0.460 e. The summed E-state index contributed by atoms with van der Waals surface area (Å²) < 4.78 is 58.9. The van der Waals surface area contributed by atoms with E-state index in [9.17, 15) is 24.3 Å². The van der Waals surface area contributed by atoms with Gasteiger partial charge < -0.3 is 83.4 Å². The Balaban J connectivity index is 0.000000399. The number of anilines is 1. The lowest BCUT2D eigenvalue weighted by molar-refractivity contribution is -0.124. The van der Waals surface area contributed by atoms with Gasteiger partial charge in [-0.1, -0.05) is 102 Å². The van der Waals surface area contributed by atoms with Crippen LogP contribution in [0.1, 0.15) is 96.9 Å². The minimum atomic E-state index is -1.05. The van der Waals surface area contributed by atoms with Crippen molar-refractivity contribution < 1.29 is 76.4 Å². The quantitative estimate of drug-likeness (QED) is 0.0180. The Morgan fingerprint density at radius 2 is 1.14 bits per heavy atom. The normalized spacial score (nSPS) is 12.5. The summed E-state index contributed by atoms with van der Waals surface area (Å²) in [5.41, 5.74) is 5.87. The smallest absolute Gasteiger partial charge is 0.407 e. The highest BCUT2D eigenvalue weighted by atomic mass is 32.1. The van der Waals surface area contributed by atoms with Crippen molar-refractivity contribution in [2.75, 3.05) is 145 Å². The zero-order valence-electron chi connectivity index (χ0n) is 54.9. The number of methoxy groups -OCH3 is 1. The van der Waals surface area contributed by atoms with Crippen molar-refractivity contribution in [2.45, 2.75) is 110 Å². The molecule has 2 heterocycles. The first kappa shape index (κ1) is 78.2. The number of rotatable bonds is 49. The van der Waals surface area contributed by atoms with Crippen LogP contribution in [0.5, 0.6) is 0 Å². The highest BCUT2D eigenvalue weighted by molar-refractivity contribution is 7.09. The molecule has 0 aliphatic heterocycles. The first-order chi connectivity index (χ1) is 44.8. The van der Waals surface area contributed by atoms with Crippen LogP contribution in [0.4, 0.5) is 15.3 Å². The van der Waals surface area contributed by atoms with E-state index in [1.54, 1.807) is 49.3 Å². The predicted molar refractivity (Wildman–Crippen MR) is 355 cm³/mol. The van der Waals surface area contributed by atoms with Gasteiger partial charge >= 0.3 is 18.1 Å². The summed E-state index contributed by atoms with van der Waals surface area (Å²) in [6.45, 7) is 20.0. The summed E-state index contributed by atoms with van der Waals surface area (Å²) in [7, 11) is 3.32. The summed E-state index contributed by atoms with van der Waals surface area (Å²) in [4.78, 5) is 63.1. The number of benzene rings is 3. The van der Waals surface area contributed by atoms with Crippen molar-refractivity contribution in [1.82, 2.24) is 30.8 Å². The van der Waals surface area contributed by atoms with Gasteiger partial charge in [0.2, 0.25) is 5.91 Å². The molecule has 4 atom stereocenters. The molecular formula is C67H101N7O16S2. The number of alkyl carbamates (subject to hydrolysis) is 1. The van der Waals surface area contributed by atoms with Crippen LogP contribution < -0.4 is 21.3 Å². The Kier molecular flexibility index (Phi) is 42.0. The van der Waals surface area contributed by atoms with Crippen LogP contribution in [0.15, 0.2) is 102 Å². The molecule has 4 amide bonds. The number of hydrogen-bond donors (Lipinski definition) is 5. The Labute approximate surface area is 552 Å². The van der Waals surface area contributed by atoms with Crippen LogP contribution >= 0.6 is 22.7 Å². The van der Waals surface area contributed by atoms with Crippen molar-refractivity contribution in [3.05, 3.63) is 134 Å². The molecule has 3 aromatic carbocycles. The third kappa shape index (κ3) is 35.7. The molecule has 0 saturated heterocycles. The van der Waals surface area contributed by atoms with Crippen LogP contribution in [0.3, 0.4) is 0 Å². The molecule has 5 N–H and O–H groups in total. The number of unbranched alkanes of at least 4 members (excludes halogenated alkanes) is 1. The molecule has 25 heteroatoms. The number of carbonyl (C=O) groups excluding carboxylic acids is 4. The maximum absolute atomic E-state index is 13.9. The number of urea groups is 1. The summed E-state index contributed by atoms with van der Waals surface area (Å²) in [6, 6.07) is 24.1. The summed E-state index contributed by atoms with van der Waals surface area (Å²) in [5.74, 6) is -0.635. The molecule has 92 heavy (non-hydrogen) atoms. The van der Waals surface area contributed by atoms with Gasteiger partial charge in [-0.2, -0.15) is 0 Å². The van der Waals surface area contributed by atoms with Gasteiger partial charge in [-0.15, -0.1) is 22.7 Å². The number of amides is 4. The van der Waals surface area contributed by atoms with E-state index in [0.29, 0.717) is 143 Å². The maximum atomic E-state index is 13.9. The number of thiazole rings is 2. The van der Waals surface area contributed by atoms with Crippen molar-refractivity contribution >= 4 is 52.4 Å². The molecule has 0 unspecified atom stereocenters. The van der Waals surface area contributed by atoms with Crippen molar-refractivity contribution in [3.63, 3.8) is 0 Å². The van der Waals surface area contributed by atoms with E-state index < -0.39 is 30.3 Å². The average molecular weight is 1320 g/mol. The number of esters is 1. The number of carbonyl (C=O) groups is 4. The van der Waals surface area contributed by atoms with Gasteiger partial charge in [0, 0.05) is 49.9 Å². The molecular weight excluding hydrogens is 1220 g/mol. The summed E-state index contributed by atoms with van der Waals surface area (Å²) in [6.07, 6.45) is 3.08. The van der Waals surface area contributed by atoms with E-state index in [4.69, 9.17) is 52.1 Å². The second kappa shape index (κ2) is 49.4. The molecule has 5 rings (SSSR count). The maximum Gasteiger partial charge on any atom is 0.407 e. The molecule has 0 spiro atoms. The van der Waals surface area contributed by atoms with Crippen molar-refractivity contribution in [1.29, 1.82) is 0 Å². The topological polar surface area (TPSA) is 267 Å². The highest BCUT2D eigenvalue weighted by Gasteiger charge is 2.31. The fourth-order valence-corrected chi connectivity index (χ4v) is 9.91. The third-order valence-corrected chi connectivity index (χ3v) is 15.6. The molecule has 0 bridgehead atoms. The Hall–Kier alpha value is -6.20. The number of nitrogens with one attached hydrogen (secondary N) is 4. The summed E-state index contributed by atoms with van der Waals surface area (Å²) >= 11 is 2.95. The zero-order chi connectivity index (χ0) is 66.2. The fourth-order valence-electron chi connectivity index (χ4n) is 8.58. The number of aromatic nitrogens is 2. The average Bonchev–Trinajstić information content (AvgIpc) is 1.63. The van der Waals surface area contributed by atoms with Crippen molar-refractivity contribution in [2.24, 2.45) is 5.92 Å². The van der Waals surface area contributed by atoms with Gasteiger partial charge in [-0.05, 0) is 67.0 Å². The zero-order valence-corrected chi connectivity index (χ0v) is 56.5. The monoisotopic (exact) mass is 1320 g/mol. The van der Waals surface area contributed by atoms with Crippen LogP contribution in [0.25, 0.3) is 0 Å². The molecule has 0 radical (unpaired) electrons. The molecule has 512 valence electrons. The number of hydrogen-bond acceptors (Lipinski definition) is 21. The van der Waals surface area contributed by atoms with Gasteiger partial charge in [0.05, 0.1) is 158 Å². The SMILES string of the molecule is CC(C)c1nc(CN(C)C(=O)N[C@H](C(=O)N[C@@H](Cc2ccccc2)C[C@H](O)[C@H](Cc2ccccc2)NC(=O)OCc2cncs2)C(C)C)cs1.CCCCNc1ccc(C(=O)OCCOCCOCCOCCOCCOCCOCCOCCOCCOC)cc1. The Bertz CT molecular complexity index is 2660. The second-order valence-corrected chi connectivity index (χ2v) is 23.8. The number of aliphatic hydroxyl groups excluding tert-OH is 1. The molecule has 23 nitrogen and oxygen atoms in total. The van der Waals surface area contributed by atoms with E-state index in [1.807, 2.05) is 92.0 Å². The lowest BCUT2D eigenvalue weighted by Crippen LogP contribution is -2.55. The van der Waals surface area contributed by atoms with Crippen LogP contribution in [0, 0.1) is 5.92 Å². The first-order valence-electron chi connectivity index (χ1n) is 31.7. The van der Waals surface area contributed by atoms with E-state index in [2.05, 4.69) is 52.0 Å². The lowest BCUT2D eigenvalue weighted by Gasteiger charge is -2.30. The van der Waals surface area contributed by atoms with E-state index >= 15 is 0 Å². The van der Waals surface area contributed by atoms with Crippen molar-refractivity contribution in [3.8, 4) is 0 Å². The van der Waals surface area contributed by atoms with E-state index in [-0.39, 0.29) is 43.5 Å². The van der Waals surface area contributed by atoms with E-state index in [0.717, 1.165) is 51.8 Å². The minimum Gasteiger partial charge on any atom is -0.460 e. The molecule has 5 aromatic rings. The third-order valence-electron chi connectivity index (χ3n) is 13.6. The molecule has 0 fully saturated rings. The van der Waals surface area contributed by atoms with Gasteiger partial charge in [0.15, 0.2) is 0 Å². The highest BCUT2D eigenvalue weighted by Crippen LogP contribution is 2.21. The Morgan fingerprint density at radius 3 is 1.62 bits per heavy atom.